The van der Waals surface area contributed by atoms with E-state index in [0.29, 0.717) is 13.1 Å². The molecule has 22 heavy (non-hydrogen) atoms. The molecule has 0 amide bonds. The Morgan fingerprint density at radius 3 is 2.64 bits per heavy atom. The predicted molar refractivity (Wildman–Crippen MR) is 83.1 cm³/mol. The van der Waals surface area contributed by atoms with Crippen LogP contribution in [0.15, 0.2) is 35.8 Å². The molecule has 8 heteroatoms. The van der Waals surface area contributed by atoms with Crippen LogP contribution >= 0.6 is 11.3 Å². The van der Waals surface area contributed by atoms with Gasteiger partial charge in [0, 0.05) is 36.8 Å². The van der Waals surface area contributed by atoms with Crippen molar-refractivity contribution in [1.82, 2.24) is 4.98 Å². The second-order valence-corrected chi connectivity index (χ2v) is 5.73. The number of carboxylic acids is 1. The van der Waals surface area contributed by atoms with Crippen LogP contribution in [0.5, 0.6) is 0 Å². The molecule has 0 bridgehead atoms. The van der Waals surface area contributed by atoms with Crippen molar-refractivity contribution in [2.45, 2.75) is 13.5 Å². The van der Waals surface area contributed by atoms with Crippen molar-refractivity contribution in [1.29, 1.82) is 0 Å². The highest BCUT2D eigenvalue weighted by Crippen LogP contribution is 2.22. The summed E-state index contributed by atoms with van der Waals surface area (Å²) in [5, 5.41) is 22.3. The van der Waals surface area contributed by atoms with Crippen molar-refractivity contribution < 1.29 is 14.8 Å². The van der Waals surface area contributed by atoms with Crippen LogP contribution in [0.4, 0.5) is 10.8 Å². The minimum atomic E-state index is -0.870. The summed E-state index contributed by atoms with van der Waals surface area (Å²) in [5.41, 5.74) is 0.891. The predicted octanol–water partition coefficient (Wildman–Crippen LogP) is 2.78. The largest absolute Gasteiger partial charge is 0.481 e. The highest BCUT2D eigenvalue weighted by atomic mass is 32.1. The lowest BCUT2D eigenvalue weighted by Crippen LogP contribution is -2.31. The van der Waals surface area contributed by atoms with Gasteiger partial charge in [-0.25, -0.2) is 4.98 Å². The number of nitro benzene ring substituents is 1. The molecular formula is C14H15N3O4S. The number of rotatable bonds is 7. The molecule has 1 unspecified atom stereocenters. The third-order valence-corrected chi connectivity index (χ3v) is 3.96. The van der Waals surface area contributed by atoms with Crippen LogP contribution in [-0.4, -0.2) is 27.5 Å². The van der Waals surface area contributed by atoms with Crippen LogP contribution in [0.25, 0.3) is 0 Å². The van der Waals surface area contributed by atoms with Gasteiger partial charge in [0.25, 0.3) is 5.69 Å². The number of aliphatic carboxylic acids is 1. The van der Waals surface area contributed by atoms with Crippen molar-refractivity contribution in [3.05, 3.63) is 51.5 Å². The fourth-order valence-electron chi connectivity index (χ4n) is 1.93. The van der Waals surface area contributed by atoms with E-state index >= 15 is 0 Å². The Kier molecular flexibility index (Phi) is 5.05. The molecule has 0 spiro atoms. The van der Waals surface area contributed by atoms with Crippen LogP contribution < -0.4 is 4.90 Å². The molecule has 0 saturated carbocycles. The Morgan fingerprint density at radius 1 is 1.45 bits per heavy atom. The molecule has 0 aliphatic rings. The standard InChI is InChI=1S/C14H15N3O4S/c1-10(13(18)19)8-16(14-15-6-7-22-14)9-11-2-4-12(5-3-11)17(20)21/h2-7,10H,8-9H2,1H3,(H,18,19). The smallest absolute Gasteiger partial charge is 0.308 e. The quantitative estimate of drug-likeness (QED) is 0.622. The zero-order valence-electron chi connectivity index (χ0n) is 11.9. The zero-order chi connectivity index (χ0) is 16.1. The number of hydrogen-bond acceptors (Lipinski definition) is 6. The van der Waals surface area contributed by atoms with Crippen LogP contribution in [0, 0.1) is 16.0 Å². The van der Waals surface area contributed by atoms with Gasteiger partial charge in [0.05, 0.1) is 10.8 Å². The molecule has 0 saturated heterocycles. The van der Waals surface area contributed by atoms with E-state index in [4.69, 9.17) is 5.11 Å². The number of nitro groups is 1. The Bertz CT molecular complexity index is 643. The summed E-state index contributed by atoms with van der Waals surface area (Å²) >= 11 is 1.43. The van der Waals surface area contributed by atoms with E-state index in [1.54, 1.807) is 25.3 Å². The van der Waals surface area contributed by atoms with Gasteiger partial charge in [-0.05, 0) is 5.56 Å². The molecule has 2 rings (SSSR count). The molecular weight excluding hydrogens is 306 g/mol. The molecule has 1 aromatic heterocycles. The van der Waals surface area contributed by atoms with Crippen molar-refractivity contribution in [2.75, 3.05) is 11.4 Å². The van der Waals surface area contributed by atoms with E-state index in [1.807, 2.05) is 10.3 Å². The topological polar surface area (TPSA) is 96.6 Å². The maximum absolute atomic E-state index is 11.1. The van der Waals surface area contributed by atoms with Crippen molar-refractivity contribution in [3.63, 3.8) is 0 Å². The number of non-ortho nitro benzene ring substituents is 1. The number of thiazole rings is 1. The van der Waals surface area contributed by atoms with Gasteiger partial charge in [0.15, 0.2) is 5.13 Å². The van der Waals surface area contributed by atoms with Gasteiger partial charge in [0.2, 0.25) is 0 Å². The number of hydrogen-bond donors (Lipinski definition) is 1. The van der Waals surface area contributed by atoms with E-state index in [2.05, 4.69) is 4.98 Å². The molecule has 2 aromatic rings. The average Bonchev–Trinajstić information content (AvgIpc) is 3.01. The summed E-state index contributed by atoms with van der Waals surface area (Å²) in [6.07, 6.45) is 1.66. The zero-order valence-corrected chi connectivity index (χ0v) is 12.7. The summed E-state index contributed by atoms with van der Waals surface area (Å²) in [5.74, 6) is -1.41. The Hall–Kier alpha value is -2.48. The molecule has 0 radical (unpaired) electrons. The molecule has 116 valence electrons. The van der Waals surface area contributed by atoms with Crippen LogP contribution in [0.2, 0.25) is 0 Å². The number of benzene rings is 1. The monoisotopic (exact) mass is 321 g/mol. The fourth-order valence-corrected chi connectivity index (χ4v) is 2.59. The van der Waals surface area contributed by atoms with Crippen LogP contribution in [0.1, 0.15) is 12.5 Å². The lowest BCUT2D eigenvalue weighted by Gasteiger charge is -2.23. The van der Waals surface area contributed by atoms with Gasteiger partial charge in [-0.2, -0.15) is 0 Å². The molecule has 1 N–H and O–H groups in total. The van der Waals surface area contributed by atoms with E-state index in [-0.39, 0.29) is 5.69 Å². The lowest BCUT2D eigenvalue weighted by molar-refractivity contribution is -0.384. The van der Waals surface area contributed by atoms with E-state index < -0.39 is 16.8 Å². The van der Waals surface area contributed by atoms with Gasteiger partial charge in [-0.3, -0.25) is 14.9 Å². The third kappa shape index (κ3) is 4.01. The van der Waals surface area contributed by atoms with E-state index in [9.17, 15) is 14.9 Å². The minimum Gasteiger partial charge on any atom is -0.481 e. The van der Waals surface area contributed by atoms with Gasteiger partial charge in [-0.1, -0.05) is 19.1 Å². The molecule has 0 aliphatic heterocycles. The Morgan fingerprint density at radius 2 is 2.14 bits per heavy atom. The number of aromatic nitrogens is 1. The number of nitrogens with zero attached hydrogens (tertiary/aromatic N) is 3. The second-order valence-electron chi connectivity index (χ2n) is 4.86. The third-order valence-electron chi connectivity index (χ3n) is 3.13. The van der Waals surface area contributed by atoms with E-state index in [1.165, 1.54) is 23.5 Å². The maximum Gasteiger partial charge on any atom is 0.308 e. The van der Waals surface area contributed by atoms with Crippen LogP contribution in [-0.2, 0) is 11.3 Å². The summed E-state index contributed by atoms with van der Waals surface area (Å²) in [7, 11) is 0. The van der Waals surface area contributed by atoms with Crippen molar-refractivity contribution in [3.8, 4) is 0 Å². The first-order valence-corrected chi connectivity index (χ1v) is 7.46. The minimum absolute atomic E-state index is 0.0310. The first-order valence-electron chi connectivity index (χ1n) is 6.58. The van der Waals surface area contributed by atoms with Gasteiger partial charge in [-0.15, -0.1) is 11.3 Å². The molecule has 0 aliphatic carbocycles. The Labute approximate surface area is 131 Å². The number of carboxylic acid groups (broad SMARTS) is 1. The van der Waals surface area contributed by atoms with Gasteiger partial charge < -0.3 is 10.0 Å². The summed E-state index contributed by atoms with van der Waals surface area (Å²) in [6.45, 7) is 2.40. The summed E-state index contributed by atoms with van der Waals surface area (Å²) in [6, 6.07) is 6.22. The fraction of sp³-hybridized carbons (Fsp3) is 0.286. The highest BCUT2D eigenvalue weighted by Gasteiger charge is 2.18. The first-order chi connectivity index (χ1) is 10.5. The molecule has 7 nitrogen and oxygen atoms in total. The number of anilines is 1. The normalized spacial score (nSPS) is 11.9. The molecule has 1 heterocycles. The van der Waals surface area contributed by atoms with Gasteiger partial charge in [0.1, 0.15) is 0 Å². The van der Waals surface area contributed by atoms with E-state index in [0.717, 1.165) is 10.7 Å². The van der Waals surface area contributed by atoms with Crippen LogP contribution in [0.3, 0.4) is 0 Å². The maximum atomic E-state index is 11.1. The Balaban J connectivity index is 2.15. The number of carbonyl (C=O) groups is 1. The molecule has 1 aromatic carbocycles. The SMILES string of the molecule is CC(CN(Cc1ccc([N+](=O)[O-])cc1)c1nccs1)C(=O)O. The molecule has 1 atom stereocenters. The summed E-state index contributed by atoms with van der Waals surface area (Å²) in [4.78, 5) is 27.4. The van der Waals surface area contributed by atoms with Gasteiger partial charge >= 0.3 is 5.97 Å². The van der Waals surface area contributed by atoms with Crippen molar-refractivity contribution in [2.24, 2.45) is 5.92 Å². The first kappa shape index (κ1) is 15.9. The second kappa shape index (κ2) is 6.99. The molecule has 0 fully saturated rings. The van der Waals surface area contributed by atoms with Crippen molar-refractivity contribution >= 4 is 28.1 Å². The lowest BCUT2D eigenvalue weighted by atomic mass is 10.1. The average molecular weight is 321 g/mol. The summed E-state index contributed by atoms with van der Waals surface area (Å²) < 4.78 is 0. The highest BCUT2D eigenvalue weighted by molar-refractivity contribution is 7.13.